The summed E-state index contributed by atoms with van der Waals surface area (Å²) in [6.45, 7) is 14.3. The molecule has 0 aliphatic carbocycles. The zero-order valence-corrected chi connectivity index (χ0v) is 65.5. The van der Waals surface area contributed by atoms with Crippen molar-refractivity contribution in [2.24, 2.45) is 23.7 Å². The smallest absolute Gasteiger partial charge is 0.462 e. The Morgan fingerprint density at radius 3 is 0.732 bits per heavy atom. The molecule has 0 spiro atoms. The molecule has 0 bridgehead atoms. The maximum Gasteiger partial charge on any atom is 0.472 e. The standard InChI is InChI=1S/C78H152O17P2/c1-9-69(6)55-47-39-31-25-19-14-12-13-15-20-28-34-44-52-60-78(83)95-74(65-89-76(81)59-51-43-37-36-41-49-57-71(8)11-3)67-93-97(86,87)91-63-72(79)62-90-96(84,85)92-66-73(64-88-75(80)58-50-42-33-27-23-22-26-32-40-48-56-70(7)10-2)94-77(82)61-53-45-35-29-21-17-16-18-24-30-38-46-54-68(4)5/h68-74,79H,9-67H2,1-8H3,(H,84,85)(H,86,87)/t69?,70?,71?,72-,73-,74-/m1/s1. The van der Waals surface area contributed by atoms with E-state index in [2.05, 4.69) is 55.4 Å². The summed E-state index contributed by atoms with van der Waals surface area (Å²) in [5.41, 5.74) is 0. The summed E-state index contributed by atoms with van der Waals surface area (Å²) >= 11 is 0. The lowest BCUT2D eigenvalue weighted by Gasteiger charge is -2.21. The Morgan fingerprint density at radius 1 is 0.289 bits per heavy atom. The van der Waals surface area contributed by atoms with Crippen LogP contribution in [0, 0.1) is 23.7 Å². The Bertz CT molecular complexity index is 1910. The molecule has 0 radical (unpaired) electrons. The number of rotatable bonds is 75. The summed E-state index contributed by atoms with van der Waals surface area (Å²) in [5, 5.41) is 10.6. The topological polar surface area (TPSA) is 237 Å². The van der Waals surface area contributed by atoms with E-state index in [4.69, 9.17) is 37.0 Å². The third-order valence-corrected chi connectivity index (χ3v) is 21.1. The first-order valence-corrected chi connectivity index (χ1v) is 43.3. The first-order valence-electron chi connectivity index (χ1n) is 40.3. The van der Waals surface area contributed by atoms with Crippen molar-refractivity contribution < 1.29 is 80.2 Å². The first-order chi connectivity index (χ1) is 46.7. The Morgan fingerprint density at radius 2 is 0.495 bits per heavy atom. The van der Waals surface area contributed by atoms with Crippen molar-refractivity contribution in [3.63, 3.8) is 0 Å². The van der Waals surface area contributed by atoms with E-state index in [0.29, 0.717) is 25.7 Å². The normalized spacial score (nSPS) is 14.9. The minimum atomic E-state index is -4.96. The van der Waals surface area contributed by atoms with Crippen LogP contribution in [-0.4, -0.2) is 96.7 Å². The van der Waals surface area contributed by atoms with Crippen LogP contribution in [0.1, 0.15) is 396 Å². The number of phosphoric ester groups is 2. The number of unbranched alkanes of at least 4 members (excludes halogenated alkanes) is 38. The highest BCUT2D eigenvalue weighted by Gasteiger charge is 2.30. The van der Waals surface area contributed by atoms with E-state index in [0.717, 1.165) is 120 Å². The second-order valence-electron chi connectivity index (χ2n) is 29.3. The Labute approximate surface area is 594 Å². The summed E-state index contributed by atoms with van der Waals surface area (Å²) in [6, 6.07) is 0. The fraction of sp³-hybridized carbons (Fsp3) is 0.949. The number of hydrogen-bond donors (Lipinski definition) is 3. The summed E-state index contributed by atoms with van der Waals surface area (Å²) < 4.78 is 68.6. The summed E-state index contributed by atoms with van der Waals surface area (Å²) in [7, 11) is -9.92. The van der Waals surface area contributed by atoms with Crippen molar-refractivity contribution in [1.29, 1.82) is 0 Å². The summed E-state index contributed by atoms with van der Waals surface area (Å²) in [6.07, 6.45) is 52.5. The zero-order valence-electron chi connectivity index (χ0n) is 63.7. The van der Waals surface area contributed by atoms with Gasteiger partial charge in [0, 0.05) is 25.7 Å². The SMILES string of the molecule is CCC(C)CCCCCCCCCCCCCCCCC(=O)O[C@H](COC(=O)CCCCCCCCC(C)CC)COP(=O)(O)OC[C@H](O)COP(=O)(O)OC[C@@H](COC(=O)CCCCCCCCCCCCC(C)CC)OC(=O)CCCCCCCCCCCCCCC(C)C. The van der Waals surface area contributed by atoms with Crippen LogP contribution in [0.5, 0.6) is 0 Å². The van der Waals surface area contributed by atoms with E-state index in [1.807, 2.05) is 0 Å². The van der Waals surface area contributed by atoms with Gasteiger partial charge in [0.25, 0.3) is 0 Å². The fourth-order valence-corrected chi connectivity index (χ4v) is 13.4. The van der Waals surface area contributed by atoms with Gasteiger partial charge < -0.3 is 33.8 Å². The fourth-order valence-electron chi connectivity index (χ4n) is 11.8. The summed E-state index contributed by atoms with van der Waals surface area (Å²) in [5.74, 6) is 1.04. The largest absolute Gasteiger partial charge is 0.472 e. The second-order valence-corrected chi connectivity index (χ2v) is 32.2. The number of aliphatic hydroxyl groups excluding tert-OH is 1. The van der Waals surface area contributed by atoms with Crippen LogP contribution < -0.4 is 0 Å². The lowest BCUT2D eigenvalue weighted by Crippen LogP contribution is -2.30. The van der Waals surface area contributed by atoms with Gasteiger partial charge in [-0.1, -0.05) is 344 Å². The maximum absolute atomic E-state index is 13.1. The predicted molar refractivity (Wildman–Crippen MR) is 395 cm³/mol. The molecule has 0 amide bonds. The number of carbonyl (C=O) groups is 4. The molecule has 0 saturated heterocycles. The van der Waals surface area contributed by atoms with Gasteiger partial charge in [-0.15, -0.1) is 0 Å². The van der Waals surface area contributed by atoms with E-state index >= 15 is 0 Å². The van der Waals surface area contributed by atoms with Gasteiger partial charge in [-0.3, -0.25) is 37.3 Å². The van der Waals surface area contributed by atoms with Gasteiger partial charge in [-0.25, -0.2) is 9.13 Å². The number of carbonyl (C=O) groups excluding carboxylic acids is 4. The third kappa shape index (κ3) is 68.3. The average Bonchev–Trinajstić information content (AvgIpc) is 3.48. The average molecular weight is 1420 g/mol. The Balaban J connectivity index is 5.25. The molecule has 0 aromatic heterocycles. The van der Waals surface area contributed by atoms with Gasteiger partial charge in [0.05, 0.1) is 26.4 Å². The molecule has 0 aromatic rings. The molecule has 0 aromatic carbocycles. The van der Waals surface area contributed by atoms with Crippen molar-refractivity contribution in [3.8, 4) is 0 Å². The molecule has 97 heavy (non-hydrogen) atoms. The van der Waals surface area contributed by atoms with Crippen LogP contribution in [0.3, 0.4) is 0 Å². The molecule has 0 aliphatic heterocycles. The van der Waals surface area contributed by atoms with E-state index in [9.17, 15) is 43.2 Å². The molecule has 576 valence electrons. The molecule has 0 fully saturated rings. The van der Waals surface area contributed by atoms with Gasteiger partial charge in [0.1, 0.15) is 19.3 Å². The van der Waals surface area contributed by atoms with Crippen LogP contribution in [-0.2, 0) is 65.4 Å². The maximum atomic E-state index is 13.1. The van der Waals surface area contributed by atoms with Crippen molar-refractivity contribution in [2.75, 3.05) is 39.6 Å². The zero-order chi connectivity index (χ0) is 71.7. The molecule has 0 rings (SSSR count). The van der Waals surface area contributed by atoms with Crippen LogP contribution in [0.4, 0.5) is 0 Å². The van der Waals surface area contributed by atoms with Crippen LogP contribution in [0.25, 0.3) is 0 Å². The van der Waals surface area contributed by atoms with Gasteiger partial charge in [-0.2, -0.15) is 0 Å². The van der Waals surface area contributed by atoms with Crippen LogP contribution >= 0.6 is 15.6 Å². The monoisotopic (exact) mass is 1420 g/mol. The number of hydrogen-bond acceptors (Lipinski definition) is 15. The van der Waals surface area contributed by atoms with Crippen LogP contribution in [0.15, 0.2) is 0 Å². The minimum Gasteiger partial charge on any atom is -0.462 e. The van der Waals surface area contributed by atoms with Crippen molar-refractivity contribution in [2.45, 2.75) is 414 Å². The molecule has 0 saturated carbocycles. The molecule has 19 heteroatoms. The lowest BCUT2D eigenvalue weighted by molar-refractivity contribution is -0.161. The number of esters is 4. The highest BCUT2D eigenvalue weighted by Crippen LogP contribution is 2.45. The minimum absolute atomic E-state index is 0.106. The predicted octanol–water partition coefficient (Wildman–Crippen LogP) is 22.8. The molecular formula is C78H152O17P2. The van der Waals surface area contributed by atoms with E-state index in [1.165, 1.54) is 193 Å². The van der Waals surface area contributed by atoms with E-state index < -0.39 is 97.5 Å². The van der Waals surface area contributed by atoms with Crippen LogP contribution in [0.2, 0.25) is 0 Å². The van der Waals surface area contributed by atoms with Gasteiger partial charge in [0.15, 0.2) is 12.2 Å². The highest BCUT2D eigenvalue weighted by molar-refractivity contribution is 7.47. The molecule has 0 heterocycles. The molecule has 17 nitrogen and oxygen atoms in total. The molecule has 0 aliphatic rings. The number of phosphoric acid groups is 2. The van der Waals surface area contributed by atoms with E-state index in [1.54, 1.807) is 0 Å². The second kappa shape index (κ2) is 67.2. The van der Waals surface area contributed by atoms with Gasteiger partial charge in [-0.05, 0) is 49.4 Å². The molecule has 8 atom stereocenters. The molecular weight excluding hydrogens is 1270 g/mol. The van der Waals surface area contributed by atoms with Crippen molar-refractivity contribution >= 4 is 39.5 Å². The molecule has 5 unspecified atom stereocenters. The summed E-state index contributed by atoms with van der Waals surface area (Å²) in [4.78, 5) is 72.9. The third-order valence-electron chi connectivity index (χ3n) is 19.2. The lowest BCUT2D eigenvalue weighted by atomic mass is 9.99. The number of ether oxygens (including phenoxy) is 4. The van der Waals surface area contributed by atoms with Crippen molar-refractivity contribution in [3.05, 3.63) is 0 Å². The quantitative estimate of drug-likeness (QED) is 0.0222. The van der Waals surface area contributed by atoms with Crippen molar-refractivity contribution in [1.82, 2.24) is 0 Å². The van der Waals surface area contributed by atoms with Gasteiger partial charge in [0.2, 0.25) is 0 Å². The Kier molecular flexibility index (Phi) is 65.9. The highest BCUT2D eigenvalue weighted by atomic mass is 31.2. The number of aliphatic hydroxyl groups is 1. The Hall–Kier alpha value is -1.94. The van der Waals surface area contributed by atoms with E-state index in [-0.39, 0.29) is 25.7 Å². The molecule has 3 N–H and O–H groups in total. The van der Waals surface area contributed by atoms with Gasteiger partial charge >= 0.3 is 39.5 Å². The first kappa shape index (κ1) is 95.1.